The van der Waals surface area contributed by atoms with Gasteiger partial charge in [-0.2, -0.15) is 5.26 Å². The molecule has 0 bridgehead atoms. The molecule has 0 aliphatic carbocycles. The molecule has 7 nitrogen and oxygen atoms in total. The number of furan rings is 1. The summed E-state index contributed by atoms with van der Waals surface area (Å²) in [6.07, 6.45) is 1.35. The van der Waals surface area contributed by atoms with Gasteiger partial charge < -0.3 is 19.6 Å². The number of phenols is 1. The second-order valence-electron chi connectivity index (χ2n) is 6.30. The van der Waals surface area contributed by atoms with Gasteiger partial charge >= 0.3 is 5.97 Å². The first-order valence-corrected chi connectivity index (χ1v) is 7.82. The van der Waals surface area contributed by atoms with Crippen molar-refractivity contribution in [1.29, 1.82) is 5.26 Å². The van der Waals surface area contributed by atoms with Crippen LogP contribution in [0.5, 0.6) is 5.75 Å². The van der Waals surface area contributed by atoms with Gasteiger partial charge in [-0.3, -0.25) is 9.59 Å². The van der Waals surface area contributed by atoms with Crippen LogP contribution >= 0.6 is 0 Å². The molecule has 7 heteroatoms. The predicted molar refractivity (Wildman–Crippen MR) is 89.5 cm³/mol. The van der Waals surface area contributed by atoms with Crippen molar-refractivity contribution < 1.29 is 23.8 Å². The number of benzene rings is 1. The molecule has 2 aromatic rings. The number of carbonyl (C=O) groups is 2. The van der Waals surface area contributed by atoms with Crippen molar-refractivity contribution in [3.8, 4) is 11.8 Å². The van der Waals surface area contributed by atoms with Gasteiger partial charge in [-0.25, -0.2) is 0 Å². The van der Waals surface area contributed by atoms with Crippen molar-refractivity contribution in [2.75, 3.05) is 6.61 Å². The fourth-order valence-corrected chi connectivity index (χ4v) is 2.19. The zero-order valence-corrected chi connectivity index (χ0v) is 14.3. The number of hydrogen-bond donors (Lipinski definition) is 2. The van der Waals surface area contributed by atoms with E-state index in [0.29, 0.717) is 16.5 Å². The highest BCUT2D eigenvalue weighted by atomic mass is 16.5. The van der Waals surface area contributed by atoms with E-state index in [2.05, 4.69) is 11.4 Å². The smallest absolute Gasteiger partial charge is 0.310 e. The maximum absolute atomic E-state index is 11.9. The SMILES string of the molecule is CC(C)[C@@](C)(C#N)NC(=O)COC(=O)Cc1coc2cc(O)ccc12. The Morgan fingerprint density at radius 2 is 2.16 bits per heavy atom. The Hall–Kier alpha value is -3.01. The highest BCUT2D eigenvalue weighted by molar-refractivity contribution is 5.87. The first-order valence-electron chi connectivity index (χ1n) is 7.82. The standard InChI is InChI=1S/C18H20N2O5/c1-11(2)18(3,10-19)20-16(22)9-25-17(23)6-12-8-24-15-7-13(21)4-5-14(12)15/h4-5,7-8,11,21H,6,9H2,1-3H3,(H,20,22)/t18-/m1/s1. The molecule has 0 radical (unpaired) electrons. The van der Waals surface area contributed by atoms with E-state index >= 15 is 0 Å². The molecule has 25 heavy (non-hydrogen) atoms. The minimum absolute atomic E-state index is 0.0647. The second kappa shape index (κ2) is 7.26. The monoisotopic (exact) mass is 344 g/mol. The predicted octanol–water partition coefficient (Wildman–Crippen LogP) is 2.28. The van der Waals surface area contributed by atoms with Crippen molar-refractivity contribution in [2.24, 2.45) is 5.92 Å². The van der Waals surface area contributed by atoms with Gasteiger partial charge in [-0.05, 0) is 25.0 Å². The number of ether oxygens (including phenoxy) is 1. The summed E-state index contributed by atoms with van der Waals surface area (Å²) in [5.74, 6) is -1.15. The summed E-state index contributed by atoms with van der Waals surface area (Å²) in [5, 5.41) is 21.8. The van der Waals surface area contributed by atoms with E-state index in [4.69, 9.17) is 9.15 Å². The minimum atomic E-state index is -1.02. The summed E-state index contributed by atoms with van der Waals surface area (Å²) >= 11 is 0. The molecule has 0 fully saturated rings. The highest BCUT2D eigenvalue weighted by Crippen LogP contribution is 2.25. The Kier molecular flexibility index (Phi) is 5.32. The molecule has 0 spiro atoms. The number of amides is 1. The molecular formula is C18H20N2O5. The number of nitriles is 1. The van der Waals surface area contributed by atoms with Crippen LogP contribution in [0, 0.1) is 17.2 Å². The highest BCUT2D eigenvalue weighted by Gasteiger charge is 2.30. The summed E-state index contributed by atoms with van der Waals surface area (Å²) in [5.41, 5.74) is 0.0402. The maximum Gasteiger partial charge on any atom is 0.310 e. The molecule has 0 saturated carbocycles. The fraction of sp³-hybridized carbons (Fsp3) is 0.389. The van der Waals surface area contributed by atoms with Crippen LogP contribution < -0.4 is 5.32 Å². The Balaban J connectivity index is 1.92. The van der Waals surface area contributed by atoms with E-state index in [1.807, 2.05) is 13.8 Å². The number of nitrogens with one attached hydrogen (secondary N) is 1. The lowest BCUT2D eigenvalue weighted by atomic mass is 9.90. The third-order valence-electron chi connectivity index (χ3n) is 4.12. The fourth-order valence-electron chi connectivity index (χ4n) is 2.19. The van der Waals surface area contributed by atoms with Crippen LogP contribution in [0.25, 0.3) is 11.0 Å². The van der Waals surface area contributed by atoms with E-state index in [1.165, 1.54) is 18.4 Å². The van der Waals surface area contributed by atoms with E-state index in [1.54, 1.807) is 13.0 Å². The van der Waals surface area contributed by atoms with E-state index in [0.717, 1.165) is 0 Å². The van der Waals surface area contributed by atoms with E-state index < -0.39 is 24.0 Å². The molecule has 2 N–H and O–H groups in total. The number of hydrogen-bond acceptors (Lipinski definition) is 6. The van der Waals surface area contributed by atoms with Crippen molar-refractivity contribution >= 4 is 22.8 Å². The Morgan fingerprint density at radius 1 is 1.44 bits per heavy atom. The van der Waals surface area contributed by atoms with Crippen LogP contribution in [0.4, 0.5) is 0 Å². The molecule has 1 aromatic heterocycles. The van der Waals surface area contributed by atoms with Gasteiger partial charge in [0.15, 0.2) is 6.61 Å². The second-order valence-corrected chi connectivity index (χ2v) is 6.30. The number of esters is 1. The molecule has 132 valence electrons. The minimum Gasteiger partial charge on any atom is -0.508 e. The van der Waals surface area contributed by atoms with Crippen molar-refractivity contribution in [3.63, 3.8) is 0 Å². The van der Waals surface area contributed by atoms with Crippen LogP contribution in [-0.2, 0) is 20.7 Å². The lowest BCUT2D eigenvalue weighted by Crippen LogP contribution is -2.50. The molecule has 2 rings (SSSR count). The Bertz CT molecular complexity index is 834. The lowest BCUT2D eigenvalue weighted by molar-refractivity contribution is -0.148. The van der Waals surface area contributed by atoms with Gasteiger partial charge in [0, 0.05) is 17.0 Å². The van der Waals surface area contributed by atoms with Gasteiger partial charge in [-0.1, -0.05) is 13.8 Å². The first kappa shape index (κ1) is 18.3. The number of aromatic hydroxyl groups is 1. The summed E-state index contributed by atoms with van der Waals surface area (Å²) < 4.78 is 10.2. The summed E-state index contributed by atoms with van der Waals surface area (Å²) in [7, 11) is 0. The lowest BCUT2D eigenvalue weighted by Gasteiger charge is -2.27. The first-order chi connectivity index (χ1) is 11.7. The maximum atomic E-state index is 11.9. The van der Waals surface area contributed by atoms with Gasteiger partial charge in [0.2, 0.25) is 0 Å². The normalized spacial score (nSPS) is 13.2. The summed E-state index contributed by atoms with van der Waals surface area (Å²) in [6.45, 7) is 4.79. The largest absolute Gasteiger partial charge is 0.508 e. The van der Waals surface area contributed by atoms with Crippen LogP contribution in [0.2, 0.25) is 0 Å². The number of carbonyl (C=O) groups excluding carboxylic acids is 2. The third kappa shape index (κ3) is 4.29. The van der Waals surface area contributed by atoms with Gasteiger partial charge in [-0.15, -0.1) is 0 Å². The average Bonchev–Trinajstić information content (AvgIpc) is 2.94. The number of phenolic OH excluding ortho intramolecular Hbond substituents is 1. The van der Waals surface area contributed by atoms with Crippen LogP contribution in [0.1, 0.15) is 26.3 Å². The van der Waals surface area contributed by atoms with Crippen molar-refractivity contribution in [1.82, 2.24) is 5.32 Å². The summed E-state index contributed by atoms with van der Waals surface area (Å²) in [4.78, 5) is 23.8. The third-order valence-corrected chi connectivity index (χ3v) is 4.12. The topological polar surface area (TPSA) is 113 Å². The molecular weight excluding hydrogens is 324 g/mol. The average molecular weight is 344 g/mol. The Morgan fingerprint density at radius 3 is 2.80 bits per heavy atom. The van der Waals surface area contributed by atoms with Crippen LogP contribution in [0.15, 0.2) is 28.9 Å². The van der Waals surface area contributed by atoms with Crippen LogP contribution in [-0.4, -0.2) is 29.1 Å². The van der Waals surface area contributed by atoms with Crippen molar-refractivity contribution in [3.05, 3.63) is 30.0 Å². The zero-order valence-electron chi connectivity index (χ0n) is 14.3. The molecule has 1 amide bonds. The molecule has 0 aliphatic heterocycles. The molecule has 1 atom stereocenters. The van der Waals surface area contributed by atoms with E-state index in [9.17, 15) is 20.0 Å². The molecule has 1 aromatic carbocycles. The number of nitrogens with zero attached hydrogens (tertiary/aromatic N) is 1. The molecule has 0 saturated heterocycles. The summed E-state index contributed by atoms with van der Waals surface area (Å²) in [6, 6.07) is 6.64. The molecule has 0 unspecified atom stereocenters. The molecule has 0 aliphatic rings. The Labute approximate surface area is 145 Å². The van der Waals surface area contributed by atoms with Gasteiger partial charge in [0.05, 0.1) is 18.8 Å². The van der Waals surface area contributed by atoms with Crippen molar-refractivity contribution in [2.45, 2.75) is 32.7 Å². The zero-order chi connectivity index (χ0) is 18.6. The van der Waals surface area contributed by atoms with E-state index in [-0.39, 0.29) is 18.1 Å². The molecule has 1 heterocycles. The number of rotatable bonds is 6. The van der Waals surface area contributed by atoms with Gasteiger partial charge in [0.1, 0.15) is 16.9 Å². The number of fused-ring (bicyclic) bond motifs is 1. The van der Waals surface area contributed by atoms with Gasteiger partial charge in [0.25, 0.3) is 5.91 Å². The quantitative estimate of drug-likeness (QED) is 0.777. The van der Waals surface area contributed by atoms with Crippen LogP contribution in [0.3, 0.4) is 0 Å².